The Morgan fingerprint density at radius 2 is 1.74 bits per heavy atom. The number of nitrogens with zero attached hydrogens (tertiary/aromatic N) is 2. The van der Waals surface area contributed by atoms with Crippen LogP contribution in [-0.4, -0.2) is 59.4 Å². The summed E-state index contributed by atoms with van der Waals surface area (Å²) in [6, 6.07) is 13.9. The van der Waals surface area contributed by atoms with E-state index in [0.29, 0.717) is 24.5 Å². The predicted molar refractivity (Wildman–Crippen MR) is 135 cm³/mol. The molecule has 1 heterocycles. The molecule has 1 saturated heterocycles. The quantitative estimate of drug-likeness (QED) is 0.227. The van der Waals surface area contributed by atoms with Crippen molar-refractivity contribution in [3.05, 3.63) is 83.4 Å². The highest BCUT2D eigenvalue weighted by atomic mass is 16.5. The molecule has 180 valence electrons. The number of aliphatic hydroxyl groups excluding tert-OH is 1. The van der Waals surface area contributed by atoms with Gasteiger partial charge in [-0.3, -0.25) is 9.59 Å². The lowest BCUT2D eigenvalue weighted by molar-refractivity contribution is -0.140. The third-order valence-corrected chi connectivity index (χ3v) is 6.20. The standard InChI is InChI=1S/C28H34N2O4/c1-5-19-34-23-15-13-21(14-16-23)25-24(26(31)22-11-9-20(4)10-12-22)27(32)28(33)30(25)18-8-17-29(6-2)7-3/h5,9-16,25,31H,1,6-8,17-19H2,2-4H3/t25-/m1/s1. The van der Waals surface area contributed by atoms with Gasteiger partial charge in [0.05, 0.1) is 11.6 Å². The Balaban J connectivity index is 2.00. The van der Waals surface area contributed by atoms with Crippen LogP contribution >= 0.6 is 0 Å². The zero-order valence-corrected chi connectivity index (χ0v) is 20.3. The van der Waals surface area contributed by atoms with E-state index in [2.05, 4.69) is 25.3 Å². The fourth-order valence-electron chi connectivity index (χ4n) is 4.23. The maximum absolute atomic E-state index is 13.1. The highest BCUT2D eigenvalue weighted by molar-refractivity contribution is 6.46. The van der Waals surface area contributed by atoms with Crippen LogP contribution in [0, 0.1) is 6.92 Å². The fourth-order valence-corrected chi connectivity index (χ4v) is 4.23. The number of aryl methyl sites for hydroxylation is 1. The second-order valence-electron chi connectivity index (χ2n) is 8.41. The van der Waals surface area contributed by atoms with Crippen LogP contribution in [-0.2, 0) is 9.59 Å². The fraction of sp³-hybridized carbons (Fsp3) is 0.357. The number of amides is 1. The first-order chi connectivity index (χ1) is 16.4. The van der Waals surface area contributed by atoms with Crippen molar-refractivity contribution in [2.75, 3.05) is 32.8 Å². The molecule has 0 aliphatic carbocycles. The molecule has 2 aromatic carbocycles. The summed E-state index contributed by atoms with van der Waals surface area (Å²) in [6.07, 6.45) is 2.40. The summed E-state index contributed by atoms with van der Waals surface area (Å²) in [7, 11) is 0. The molecule has 0 radical (unpaired) electrons. The highest BCUT2D eigenvalue weighted by Crippen LogP contribution is 2.40. The van der Waals surface area contributed by atoms with Gasteiger partial charge in [-0.15, -0.1) is 0 Å². The van der Waals surface area contributed by atoms with Crippen LogP contribution < -0.4 is 4.74 Å². The molecule has 2 aromatic rings. The molecule has 1 amide bonds. The largest absolute Gasteiger partial charge is 0.507 e. The highest BCUT2D eigenvalue weighted by Gasteiger charge is 2.45. The Kier molecular flexibility index (Phi) is 8.66. The smallest absolute Gasteiger partial charge is 0.295 e. The van der Waals surface area contributed by atoms with Gasteiger partial charge in [0.2, 0.25) is 0 Å². The number of hydrogen-bond donors (Lipinski definition) is 1. The Bertz CT molecular complexity index is 1040. The summed E-state index contributed by atoms with van der Waals surface area (Å²) in [5.41, 5.74) is 2.43. The maximum Gasteiger partial charge on any atom is 0.295 e. The second kappa shape index (κ2) is 11.7. The minimum absolute atomic E-state index is 0.122. The lowest BCUT2D eigenvalue weighted by atomic mass is 9.95. The number of carbonyl (C=O) groups excluding carboxylic acids is 2. The van der Waals surface area contributed by atoms with E-state index in [1.807, 2.05) is 31.2 Å². The van der Waals surface area contributed by atoms with Crippen molar-refractivity contribution < 1.29 is 19.4 Å². The molecular weight excluding hydrogens is 428 g/mol. The Morgan fingerprint density at radius 3 is 2.32 bits per heavy atom. The molecule has 1 fully saturated rings. The van der Waals surface area contributed by atoms with E-state index < -0.39 is 17.7 Å². The molecule has 1 N–H and O–H groups in total. The lowest BCUT2D eigenvalue weighted by Gasteiger charge is -2.27. The van der Waals surface area contributed by atoms with Gasteiger partial charge in [0.1, 0.15) is 18.1 Å². The first-order valence-corrected chi connectivity index (χ1v) is 11.8. The first kappa shape index (κ1) is 25.2. The van der Waals surface area contributed by atoms with Crippen LogP contribution in [0.4, 0.5) is 0 Å². The number of likely N-dealkylation sites (tertiary alicyclic amines) is 1. The topological polar surface area (TPSA) is 70.1 Å². The molecule has 0 spiro atoms. The van der Waals surface area contributed by atoms with Gasteiger partial charge in [-0.05, 0) is 50.7 Å². The molecule has 0 unspecified atom stereocenters. The number of benzene rings is 2. The number of ether oxygens (including phenoxy) is 1. The van der Waals surface area contributed by atoms with Crippen LogP contribution in [0.1, 0.15) is 43.0 Å². The van der Waals surface area contributed by atoms with Crippen molar-refractivity contribution in [2.24, 2.45) is 0 Å². The van der Waals surface area contributed by atoms with Crippen LogP contribution in [0.15, 0.2) is 66.8 Å². The van der Waals surface area contributed by atoms with Crippen molar-refractivity contribution in [3.8, 4) is 5.75 Å². The van der Waals surface area contributed by atoms with Crippen LogP contribution in [0.25, 0.3) is 5.76 Å². The molecule has 1 aliphatic rings. The molecule has 1 atom stereocenters. The van der Waals surface area contributed by atoms with Crippen molar-refractivity contribution in [1.29, 1.82) is 0 Å². The van der Waals surface area contributed by atoms with Gasteiger partial charge in [0.25, 0.3) is 11.7 Å². The van der Waals surface area contributed by atoms with E-state index in [1.165, 1.54) is 0 Å². The summed E-state index contributed by atoms with van der Waals surface area (Å²) in [4.78, 5) is 30.1. The van der Waals surface area contributed by atoms with Crippen LogP contribution in [0.5, 0.6) is 5.75 Å². The van der Waals surface area contributed by atoms with Gasteiger partial charge in [-0.1, -0.05) is 68.5 Å². The SMILES string of the molecule is C=CCOc1ccc([C@@H]2C(=C(O)c3ccc(C)cc3)C(=O)C(=O)N2CCCN(CC)CC)cc1. The summed E-state index contributed by atoms with van der Waals surface area (Å²) in [6.45, 7) is 13.3. The van der Waals surface area contributed by atoms with E-state index in [4.69, 9.17) is 4.74 Å². The number of rotatable bonds is 11. The molecule has 3 rings (SSSR count). The van der Waals surface area contributed by atoms with Gasteiger partial charge in [0.15, 0.2) is 0 Å². The van der Waals surface area contributed by atoms with Crippen molar-refractivity contribution in [2.45, 2.75) is 33.2 Å². The molecule has 0 aromatic heterocycles. The van der Waals surface area contributed by atoms with Crippen molar-refractivity contribution in [1.82, 2.24) is 9.80 Å². The Morgan fingerprint density at radius 1 is 1.09 bits per heavy atom. The number of hydrogen-bond acceptors (Lipinski definition) is 5. The molecular formula is C28H34N2O4. The third kappa shape index (κ3) is 5.57. The molecule has 6 heteroatoms. The number of ketones is 1. The van der Waals surface area contributed by atoms with E-state index in [-0.39, 0.29) is 11.3 Å². The molecule has 6 nitrogen and oxygen atoms in total. The van der Waals surface area contributed by atoms with Crippen molar-refractivity contribution in [3.63, 3.8) is 0 Å². The number of aliphatic hydroxyl groups is 1. The number of Topliss-reactive ketones (excluding diaryl/α,β-unsaturated/α-hetero) is 1. The molecule has 0 bridgehead atoms. The van der Waals surface area contributed by atoms with Gasteiger partial charge >= 0.3 is 0 Å². The first-order valence-electron chi connectivity index (χ1n) is 11.8. The minimum atomic E-state index is -0.661. The Labute approximate surface area is 202 Å². The van der Waals surface area contributed by atoms with Crippen molar-refractivity contribution >= 4 is 17.4 Å². The third-order valence-electron chi connectivity index (χ3n) is 6.20. The van der Waals surface area contributed by atoms with Gasteiger partial charge in [0, 0.05) is 12.1 Å². The van der Waals surface area contributed by atoms with Crippen LogP contribution in [0.2, 0.25) is 0 Å². The van der Waals surface area contributed by atoms with Crippen LogP contribution in [0.3, 0.4) is 0 Å². The zero-order valence-electron chi connectivity index (χ0n) is 20.3. The summed E-state index contributed by atoms with van der Waals surface area (Å²) < 4.78 is 5.58. The van der Waals surface area contributed by atoms with Gasteiger partial charge in [-0.25, -0.2) is 0 Å². The summed E-state index contributed by atoms with van der Waals surface area (Å²) >= 11 is 0. The normalized spacial score (nSPS) is 17.4. The van der Waals surface area contributed by atoms with E-state index >= 15 is 0 Å². The average molecular weight is 463 g/mol. The molecule has 1 aliphatic heterocycles. The Hall–Kier alpha value is -3.38. The van der Waals surface area contributed by atoms with Gasteiger partial charge < -0.3 is 19.6 Å². The monoisotopic (exact) mass is 462 g/mol. The second-order valence-corrected chi connectivity index (χ2v) is 8.41. The number of carbonyl (C=O) groups is 2. The van der Waals surface area contributed by atoms with Gasteiger partial charge in [-0.2, -0.15) is 0 Å². The molecule has 34 heavy (non-hydrogen) atoms. The van der Waals surface area contributed by atoms with E-state index in [9.17, 15) is 14.7 Å². The summed E-state index contributed by atoms with van der Waals surface area (Å²) in [5, 5.41) is 11.1. The molecule has 0 saturated carbocycles. The lowest BCUT2D eigenvalue weighted by Crippen LogP contribution is -2.33. The minimum Gasteiger partial charge on any atom is -0.507 e. The maximum atomic E-state index is 13.1. The zero-order chi connectivity index (χ0) is 24.7. The average Bonchev–Trinajstić information content (AvgIpc) is 3.10. The predicted octanol–water partition coefficient (Wildman–Crippen LogP) is 4.71. The van der Waals surface area contributed by atoms with E-state index in [0.717, 1.165) is 37.2 Å². The summed E-state index contributed by atoms with van der Waals surface area (Å²) in [5.74, 6) is -0.717. The van der Waals surface area contributed by atoms with E-state index in [1.54, 1.807) is 35.2 Å².